The number of allylic oxidation sites excluding steroid dienone is 5. The first-order valence-corrected chi connectivity index (χ1v) is 14.0. The molecule has 0 spiro atoms. The van der Waals surface area contributed by atoms with Gasteiger partial charge in [-0.05, 0) is 96.8 Å². The zero-order valence-electron chi connectivity index (χ0n) is 22.1. The number of hydrogen-bond acceptors (Lipinski definition) is 2. The number of esters is 1. The van der Waals surface area contributed by atoms with Crippen LogP contribution >= 0.6 is 11.6 Å². The topological polar surface area (TPSA) is 26.3 Å². The highest BCUT2D eigenvalue weighted by molar-refractivity contribution is 6.25. The van der Waals surface area contributed by atoms with Crippen LogP contribution in [0.4, 0.5) is 0 Å². The lowest BCUT2D eigenvalue weighted by Crippen LogP contribution is -2.54. The van der Waals surface area contributed by atoms with Gasteiger partial charge in [0, 0.05) is 11.0 Å². The molecule has 0 heterocycles. The van der Waals surface area contributed by atoms with Crippen LogP contribution in [0.25, 0.3) is 0 Å². The van der Waals surface area contributed by atoms with Crippen molar-refractivity contribution in [2.24, 2.45) is 34.0 Å². The number of rotatable bonds is 4. The fraction of sp³-hybridized carbons (Fsp3) is 0.594. The zero-order valence-corrected chi connectivity index (χ0v) is 22.8. The Balaban J connectivity index is 1.41. The second kappa shape index (κ2) is 8.94. The highest BCUT2D eigenvalue weighted by Crippen LogP contribution is 2.66. The Labute approximate surface area is 216 Å². The molecule has 0 amide bonds. The summed E-state index contributed by atoms with van der Waals surface area (Å²) in [4.78, 5) is 12.9. The van der Waals surface area contributed by atoms with E-state index in [0.29, 0.717) is 23.3 Å². The van der Waals surface area contributed by atoms with Crippen LogP contribution in [0.2, 0.25) is 0 Å². The number of hydrogen-bond donors (Lipinski definition) is 0. The molecular weight excluding hydrogens is 452 g/mol. The largest absolute Gasteiger partial charge is 0.458 e. The number of carbonyl (C=O) groups is 1. The van der Waals surface area contributed by atoms with Crippen LogP contribution in [-0.2, 0) is 4.74 Å². The molecule has 0 unspecified atom stereocenters. The van der Waals surface area contributed by atoms with Gasteiger partial charge in [0.05, 0.1) is 5.56 Å². The molecule has 0 aromatic heterocycles. The molecule has 2 nitrogen and oxygen atoms in total. The second-order valence-electron chi connectivity index (χ2n) is 12.6. The van der Waals surface area contributed by atoms with Crippen molar-refractivity contribution < 1.29 is 9.53 Å². The van der Waals surface area contributed by atoms with Crippen LogP contribution in [0, 0.1) is 34.0 Å². The molecule has 5 rings (SSSR count). The first-order valence-electron chi connectivity index (χ1n) is 13.6. The predicted octanol–water partition coefficient (Wildman–Crippen LogP) is 8.88. The highest BCUT2D eigenvalue weighted by atomic mass is 35.5. The van der Waals surface area contributed by atoms with Crippen molar-refractivity contribution in [3.8, 4) is 0 Å². The Bertz CT molecular complexity index is 1080. The molecule has 4 aliphatic carbocycles. The fourth-order valence-corrected chi connectivity index (χ4v) is 8.96. The van der Waals surface area contributed by atoms with Gasteiger partial charge in [0.15, 0.2) is 0 Å². The minimum Gasteiger partial charge on any atom is -0.458 e. The normalized spacial score (nSPS) is 36.7. The smallest absolute Gasteiger partial charge is 0.338 e. The third-order valence-electron chi connectivity index (χ3n) is 10.7. The van der Waals surface area contributed by atoms with Crippen LogP contribution in [-0.4, -0.2) is 12.1 Å². The quantitative estimate of drug-likeness (QED) is 0.392. The lowest BCUT2D eigenvalue weighted by Gasteiger charge is -2.59. The molecule has 0 N–H and O–H groups in total. The maximum absolute atomic E-state index is 12.9. The van der Waals surface area contributed by atoms with Crippen LogP contribution in [0.5, 0.6) is 0 Å². The molecule has 0 aliphatic heterocycles. The number of carbonyl (C=O) groups excluding carboxylic acids is 1. The molecule has 0 bridgehead atoms. The van der Waals surface area contributed by atoms with Gasteiger partial charge in [-0.15, -0.1) is 0 Å². The van der Waals surface area contributed by atoms with Gasteiger partial charge in [0.25, 0.3) is 0 Å². The van der Waals surface area contributed by atoms with Crippen LogP contribution < -0.4 is 0 Å². The minimum atomic E-state index is -0.182. The van der Waals surface area contributed by atoms with E-state index in [1.54, 1.807) is 22.3 Å². The van der Waals surface area contributed by atoms with Gasteiger partial charge in [-0.2, -0.15) is 0 Å². The van der Waals surface area contributed by atoms with E-state index in [4.69, 9.17) is 16.3 Å². The number of halogens is 1. The van der Waals surface area contributed by atoms with Crippen LogP contribution in [0.3, 0.4) is 0 Å². The van der Waals surface area contributed by atoms with Crippen molar-refractivity contribution >= 4 is 17.6 Å². The van der Waals surface area contributed by atoms with Gasteiger partial charge in [-0.3, -0.25) is 0 Å². The Morgan fingerprint density at radius 1 is 1.06 bits per heavy atom. The van der Waals surface area contributed by atoms with E-state index in [1.165, 1.54) is 19.3 Å². The summed E-state index contributed by atoms with van der Waals surface area (Å²) in [6.45, 7) is 12.1. The molecule has 3 heteroatoms. The van der Waals surface area contributed by atoms with Gasteiger partial charge in [-0.1, -0.05) is 82.1 Å². The predicted molar refractivity (Wildman–Crippen MR) is 144 cm³/mol. The summed E-state index contributed by atoms with van der Waals surface area (Å²) in [5, 5.41) is 0. The number of fused-ring (bicyclic) bond motifs is 4. The molecule has 188 valence electrons. The highest BCUT2D eigenvalue weighted by Gasteiger charge is 2.58. The van der Waals surface area contributed by atoms with Crippen molar-refractivity contribution in [2.45, 2.75) is 85.7 Å². The lowest BCUT2D eigenvalue weighted by atomic mass is 9.46. The average Bonchev–Trinajstić information content (AvgIpc) is 3.19. The van der Waals surface area contributed by atoms with E-state index in [1.807, 2.05) is 30.3 Å². The Morgan fingerprint density at radius 3 is 2.51 bits per heavy atom. The molecular formula is C32H41ClO2. The summed E-state index contributed by atoms with van der Waals surface area (Å²) in [6.07, 6.45) is 12.7. The first kappa shape index (κ1) is 24.9. The van der Waals surface area contributed by atoms with Gasteiger partial charge >= 0.3 is 5.97 Å². The monoisotopic (exact) mass is 492 g/mol. The Kier molecular flexibility index (Phi) is 6.36. The molecule has 4 aliphatic rings. The molecule has 1 fully saturated rings. The first-order chi connectivity index (χ1) is 16.6. The molecule has 35 heavy (non-hydrogen) atoms. The van der Waals surface area contributed by atoms with Gasteiger partial charge in [0.1, 0.15) is 6.10 Å². The zero-order chi connectivity index (χ0) is 25.0. The Morgan fingerprint density at radius 2 is 1.80 bits per heavy atom. The summed E-state index contributed by atoms with van der Waals surface area (Å²) < 4.78 is 6.19. The van der Waals surface area contributed by atoms with E-state index in [-0.39, 0.29) is 28.3 Å². The van der Waals surface area contributed by atoms with Crippen molar-refractivity contribution in [3.05, 3.63) is 70.3 Å². The molecule has 0 saturated heterocycles. The van der Waals surface area contributed by atoms with Crippen LogP contribution in [0.15, 0.2) is 64.7 Å². The fourth-order valence-electron chi connectivity index (χ4n) is 8.73. The number of benzene rings is 1. The van der Waals surface area contributed by atoms with E-state index in [2.05, 4.69) is 46.8 Å². The van der Waals surface area contributed by atoms with E-state index in [9.17, 15) is 4.79 Å². The average molecular weight is 493 g/mol. The van der Waals surface area contributed by atoms with E-state index in [0.717, 1.165) is 25.7 Å². The van der Waals surface area contributed by atoms with Crippen molar-refractivity contribution in [2.75, 3.05) is 0 Å². The summed E-state index contributed by atoms with van der Waals surface area (Å²) >= 11 is 5.97. The summed E-state index contributed by atoms with van der Waals surface area (Å²) in [7, 11) is 0. The maximum Gasteiger partial charge on any atom is 0.338 e. The SMILES string of the molecule is C[C@H](C=CCl)[C@H]1CC=C2C3=C(CC[C@@]21C)[C@@]1(C)CC[C@H](OC(=O)c2ccccc2)C(C)(C)[C@@H]1CC3. The standard InChI is InChI=1S/C32H41ClO2/c1-21(17-20-33)24-12-13-25-23-11-14-27-30(2,3)28(35-29(34)22-9-7-6-8-10-22)16-19-32(27,5)26(23)15-18-31(24,25)4/h6-10,13,17,20-21,24,27-28H,11-12,14-16,18-19H2,1-5H3/t21-,24-,27+,28+,31-,32-/m1/s1. The summed E-state index contributed by atoms with van der Waals surface area (Å²) in [6, 6.07) is 9.45. The lowest BCUT2D eigenvalue weighted by molar-refractivity contribution is -0.0992. The maximum atomic E-state index is 12.9. The van der Waals surface area contributed by atoms with Gasteiger partial charge in [0.2, 0.25) is 0 Å². The third kappa shape index (κ3) is 3.86. The molecule has 6 atom stereocenters. The molecule has 1 aromatic rings. The van der Waals surface area contributed by atoms with E-state index >= 15 is 0 Å². The van der Waals surface area contributed by atoms with Crippen LogP contribution in [0.1, 0.15) is 89.9 Å². The van der Waals surface area contributed by atoms with Crippen molar-refractivity contribution in [3.63, 3.8) is 0 Å². The van der Waals surface area contributed by atoms with Crippen molar-refractivity contribution in [1.82, 2.24) is 0 Å². The number of ether oxygens (including phenoxy) is 1. The Hall–Kier alpha value is -1.80. The molecule has 1 saturated carbocycles. The molecule has 1 aromatic carbocycles. The van der Waals surface area contributed by atoms with Gasteiger partial charge < -0.3 is 4.74 Å². The minimum absolute atomic E-state index is 0.0393. The van der Waals surface area contributed by atoms with E-state index < -0.39 is 0 Å². The second-order valence-corrected chi connectivity index (χ2v) is 12.9. The van der Waals surface area contributed by atoms with Gasteiger partial charge in [-0.25, -0.2) is 4.79 Å². The van der Waals surface area contributed by atoms with Crippen molar-refractivity contribution in [1.29, 1.82) is 0 Å². The summed E-state index contributed by atoms with van der Waals surface area (Å²) in [5.74, 6) is 1.47. The summed E-state index contributed by atoms with van der Waals surface area (Å²) in [5.41, 5.74) is 7.80. The third-order valence-corrected chi connectivity index (χ3v) is 10.8. The molecule has 0 radical (unpaired) electrons.